The Bertz CT molecular complexity index is 812. The van der Waals surface area contributed by atoms with Gasteiger partial charge in [-0.1, -0.05) is 56.3 Å². The maximum atomic E-state index is 6.14. The summed E-state index contributed by atoms with van der Waals surface area (Å²) >= 11 is 0. The Hall–Kier alpha value is -2.42. The maximum Gasteiger partial charge on any atom is 0.142 e. The first kappa shape index (κ1) is 17.0. The number of fused-ring (bicyclic) bond motifs is 3. The van der Waals surface area contributed by atoms with Crippen molar-refractivity contribution in [1.82, 2.24) is 0 Å². The van der Waals surface area contributed by atoms with E-state index in [-0.39, 0.29) is 6.04 Å². The van der Waals surface area contributed by atoms with Gasteiger partial charge in [-0.2, -0.15) is 0 Å². The first-order valence-corrected chi connectivity index (χ1v) is 9.51. The Kier molecular flexibility index (Phi) is 4.62. The van der Waals surface area contributed by atoms with Gasteiger partial charge in [0.25, 0.3) is 0 Å². The van der Waals surface area contributed by atoms with Crippen LogP contribution in [-0.2, 0) is 0 Å². The average molecular weight is 349 g/mol. The fourth-order valence-corrected chi connectivity index (χ4v) is 4.20. The Morgan fingerprint density at radius 2 is 1.81 bits per heavy atom. The highest BCUT2D eigenvalue weighted by Gasteiger charge is 2.39. The number of ether oxygens (including phenoxy) is 2. The molecule has 0 radical (unpaired) electrons. The molecule has 1 heterocycles. The number of benzene rings is 2. The summed E-state index contributed by atoms with van der Waals surface area (Å²) < 4.78 is 11.8. The third-order valence-electron chi connectivity index (χ3n) is 5.40. The lowest BCUT2D eigenvalue weighted by Crippen LogP contribution is -2.29. The van der Waals surface area contributed by atoms with Crippen molar-refractivity contribution in [1.29, 1.82) is 0 Å². The Morgan fingerprint density at radius 1 is 1.04 bits per heavy atom. The molecule has 3 nitrogen and oxygen atoms in total. The third kappa shape index (κ3) is 2.96. The minimum atomic E-state index is 0.211. The van der Waals surface area contributed by atoms with Gasteiger partial charge in [0, 0.05) is 11.5 Å². The Morgan fingerprint density at radius 3 is 2.62 bits per heavy atom. The van der Waals surface area contributed by atoms with E-state index in [9.17, 15) is 0 Å². The van der Waals surface area contributed by atoms with Gasteiger partial charge in [0.2, 0.25) is 0 Å². The molecule has 136 valence electrons. The van der Waals surface area contributed by atoms with Crippen LogP contribution in [0.4, 0.5) is 5.69 Å². The summed E-state index contributed by atoms with van der Waals surface area (Å²) in [6.07, 6.45) is 5.76. The Labute approximate surface area is 156 Å². The van der Waals surface area contributed by atoms with Crippen LogP contribution in [0.25, 0.3) is 0 Å². The highest BCUT2D eigenvalue weighted by Crippen LogP contribution is 2.53. The van der Waals surface area contributed by atoms with Crippen LogP contribution in [0.2, 0.25) is 0 Å². The molecule has 3 heteroatoms. The zero-order valence-corrected chi connectivity index (χ0v) is 15.7. The van der Waals surface area contributed by atoms with Crippen molar-refractivity contribution in [3.63, 3.8) is 0 Å². The van der Waals surface area contributed by atoms with Crippen molar-refractivity contribution in [2.75, 3.05) is 19.0 Å². The molecule has 3 unspecified atom stereocenters. The standard InChI is InChI=1S/C23H27NO2/c1-15(2)14-26-21-13-7-11-18-16-9-6-10-17(16)22(24-23(18)21)19-8-4-5-12-20(19)25-3/h4-9,11-13,15-17,22,24H,10,14H2,1-3H3. The van der Waals surface area contributed by atoms with Crippen LogP contribution < -0.4 is 14.8 Å². The van der Waals surface area contributed by atoms with E-state index in [0.717, 1.165) is 30.2 Å². The lowest BCUT2D eigenvalue weighted by Gasteiger charge is -2.38. The number of nitrogens with one attached hydrogen (secondary N) is 1. The number of allylic oxidation sites excluding steroid dienone is 2. The largest absolute Gasteiger partial charge is 0.496 e. The summed E-state index contributed by atoms with van der Waals surface area (Å²) in [4.78, 5) is 0. The van der Waals surface area contributed by atoms with Crippen molar-refractivity contribution in [3.8, 4) is 11.5 Å². The summed E-state index contributed by atoms with van der Waals surface area (Å²) in [5, 5.41) is 3.81. The van der Waals surface area contributed by atoms with E-state index >= 15 is 0 Å². The molecule has 3 atom stereocenters. The second kappa shape index (κ2) is 7.06. The van der Waals surface area contributed by atoms with Crippen molar-refractivity contribution in [2.45, 2.75) is 32.2 Å². The average Bonchev–Trinajstić information content (AvgIpc) is 3.15. The quantitative estimate of drug-likeness (QED) is 0.717. The summed E-state index contributed by atoms with van der Waals surface area (Å²) in [5.74, 6) is 3.32. The van der Waals surface area contributed by atoms with Crippen LogP contribution in [0.1, 0.15) is 43.4 Å². The van der Waals surface area contributed by atoms with Crippen molar-refractivity contribution in [2.24, 2.45) is 11.8 Å². The number of para-hydroxylation sites is 2. The van der Waals surface area contributed by atoms with E-state index in [1.54, 1.807) is 7.11 Å². The highest BCUT2D eigenvalue weighted by atomic mass is 16.5. The number of methoxy groups -OCH3 is 1. The summed E-state index contributed by atoms with van der Waals surface area (Å²) in [6.45, 7) is 5.08. The third-order valence-corrected chi connectivity index (χ3v) is 5.40. The van der Waals surface area contributed by atoms with E-state index in [0.29, 0.717) is 17.8 Å². The lowest BCUT2D eigenvalue weighted by atomic mass is 9.76. The predicted octanol–water partition coefficient (Wildman–Crippen LogP) is 5.56. The summed E-state index contributed by atoms with van der Waals surface area (Å²) in [7, 11) is 1.75. The highest BCUT2D eigenvalue weighted by molar-refractivity contribution is 5.68. The number of hydrogen-bond acceptors (Lipinski definition) is 3. The summed E-state index contributed by atoms with van der Waals surface area (Å²) in [5.41, 5.74) is 3.70. The topological polar surface area (TPSA) is 30.5 Å². The molecule has 4 rings (SSSR count). The number of rotatable bonds is 5. The van der Waals surface area contributed by atoms with Gasteiger partial charge in [0.05, 0.1) is 25.4 Å². The van der Waals surface area contributed by atoms with Crippen LogP contribution in [0.3, 0.4) is 0 Å². The zero-order chi connectivity index (χ0) is 18.1. The van der Waals surface area contributed by atoms with Crippen LogP contribution in [0.15, 0.2) is 54.6 Å². The zero-order valence-electron chi connectivity index (χ0n) is 15.7. The molecule has 1 N–H and O–H groups in total. The van der Waals surface area contributed by atoms with Gasteiger partial charge in [-0.3, -0.25) is 0 Å². The fraction of sp³-hybridized carbons (Fsp3) is 0.391. The predicted molar refractivity (Wildman–Crippen MR) is 106 cm³/mol. The molecule has 0 spiro atoms. The SMILES string of the molecule is COc1ccccc1C1Nc2c(OCC(C)C)cccc2C2C=CCC21. The molecule has 1 aliphatic heterocycles. The molecule has 0 amide bonds. The molecule has 2 aromatic rings. The first-order chi connectivity index (χ1) is 12.7. The van der Waals surface area contributed by atoms with E-state index in [1.807, 2.05) is 12.1 Å². The molecule has 2 aromatic carbocycles. The molecule has 0 aromatic heterocycles. The van der Waals surface area contributed by atoms with E-state index in [4.69, 9.17) is 9.47 Å². The van der Waals surface area contributed by atoms with Crippen LogP contribution in [0, 0.1) is 11.8 Å². The molecule has 26 heavy (non-hydrogen) atoms. The number of anilines is 1. The number of hydrogen-bond donors (Lipinski definition) is 1. The first-order valence-electron chi connectivity index (χ1n) is 9.51. The summed E-state index contributed by atoms with van der Waals surface area (Å²) in [6, 6.07) is 15.0. The minimum absolute atomic E-state index is 0.211. The van der Waals surface area contributed by atoms with Gasteiger partial charge >= 0.3 is 0 Å². The van der Waals surface area contributed by atoms with Crippen LogP contribution in [-0.4, -0.2) is 13.7 Å². The molecular formula is C23H27NO2. The van der Waals surface area contributed by atoms with Crippen molar-refractivity contribution >= 4 is 5.69 Å². The van der Waals surface area contributed by atoms with Gasteiger partial charge in [-0.25, -0.2) is 0 Å². The van der Waals surface area contributed by atoms with Crippen molar-refractivity contribution in [3.05, 3.63) is 65.7 Å². The van der Waals surface area contributed by atoms with Crippen LogP contribution in [0.5, 0.6) is 11.5 Å². The van der Waals surface area contributed by atoms with Crippen molar-refractivity contribution < 1.29 is 9.47 Å². The van der Waals surface area contributed by atoms with Crippen LogP contribution >= 0.6 is 0 Å². The monoisotopic (exact) mass is 349 g/mol. The molecule has 0 bridgehead atoms. The van der Waals surface area contributed by atoms with E-state index < -0.39 is 0 Å². The van der Waals surface area contributed by atoms with Gasteiger partial charge in [-0.05, 0) is 36.0 Å². The van der Waals surface area contributed by atoms with E-state index in [1.165, 1.54) is 11.1 Å². The molecular weight excluding hydrogens is 322 g/mol. The molecule has 0 fully saturated rings. The smallest absolute Gasteiger partial charge is 0.142 e. The second-order valence-electron chi connectivity index (χ2n) is 7.64. The van der Waals surface area contributed by atoms with Gasteiger partial charge < -0.3 is 14.8 Å². The van der Waals surface area contributed by atoms with Gasteiger partial charge in [-0.15, -0.1) is 0 Å². The molecule has 2 aliphatic rings. The normalized spacial score (nSPS) is 23.3. The second-order valence-corrected chi connectivity index (χ2v) is 7.64. The Balaban J connectivity index is 1.76. The molecule has 0 saturated heterocycles. The fourth-order valence-electron chi connectivity index (χ4n) is 4.20. The molecule has 0 saturated carbocycles. The van der Waals surface area contributed by atoms with Gasteiger partial charge in [0.15, 0.2) is 0 Å². The lowest BCUT2D eigenvalue weighted by molar-refractivity contribution is 0.270. The van der Waals surface area contributed by atoms with Gasteiger partial charge in [0.1, 0.15) is 11.5 Å². The molecule has 1 aliphatic carbocycles. The van der Waals surface area contributed by atoms with E-state index in [2.05, 4.69) is 61.6 Å². The maximum absolute atomic E-state index is 6.14. The minimum Gasteiger partial charge on any atom is -0.496 e.